The molecule has 15 heavy (non-hydrogen) atoms. The van der Waals surface area contributed by atoms with Gasteiger partial charge in [-0.3, -0.25) is 9.69 Å². The van der Waals surface area contributed by atoms with Crippen molar-refractivity contribution < 1.29 is 9.90 Å². The van der Waals surface area contributed by atoms with Gasteiger partial charge in [0.15, 0.2) is 0 Å². The van der Waals surface area contributed by atoms with E-state index in [1.807, 2.05) is 0 Å². The van der Waals surface area contributed by atoms with Crippen LogP contribution in [0.3, 0.4) is 0 Å². The fourth-order valence-electron chi connectivity index (χ4n) is 2.20. The van der Waals surface area contributed by atoms with E-state index in [2.05, 4.69) is 23.6 Å². The Hall–Kier alpha value is -0.610. The predicted octanol–water partition coefficient (Wildman–Crippen LogP) is 0.877. The van der Waals surface area contributed by atoms with E-state index in [0.717, 1.165) is 39.1 Å². The molecule has 1 atom stereocenters. The van der Waals surface area contributed by atoms with Gasteiger partial charge in [0.05, 0.1) is 0 Å². The van der Waals surface area contributed by atoms with Crippen LogP contribution in [0.25, 0.3) is 0 Å². The molecule has 0 aromatic heterocycles. The summed E-state index contributed by atoms with van der Waals surface area (Å²) >= 11 is 0. The molecule has 0 aromatic rings. The highest BCUT2D eigenvalue weighted by Gasteiger charge is 2.21. The lowest BCUT2D eigenvalue weighted by Gasteiger charge is -2.39. The lowest BCUT2D eigenvalue weighted by atomic mass is 10.2. The van der Waals surface area contributed by atoms with Crippen molar-refractivity contribution >= 4 is 5.97 Å². The summed E-state index contributed by atoms with van der Waals surface area (Å²) in [5.41, 5.74) is 0. The number of carboxylic acids is 1. The Morgan fingerprint density at radius 3 is 2.73 bits per heavy atom. The summed E-state index contributed by atoms with van der Waals surface area (Å²) in [6.07, 6.45) is 1.07. The normalized spacial score (nSPS) is 24.3. The zero-order valence-electron chi connectivity index (χ0n) is 9.78. The molecule has 0 aromatic carbocycles. The molecule has 0 bridgehead atoms. The second kappa shape index (κ2) is 6.08. The van der Waals surface area contributed by atoms with Crippen LogP contribution in [0.4, 0.5) is 0 Å². The monoisotopic (exact) mass is 214 g/mol. The number of aliphatic carboxylic acids is 1. The van der Waals surface area contributed by atoms with E-state index < -0.39 is 5.97 Å². The molecule has 0 aliphatic carbocycles. The van der Waals surface area contributed by atoms with E-state index in [4.69, 9.17) is 5.11 Å². The third kappa shape index (κ3) is 4.18. The van der Waals surface area contributed by atoms with Crippen LogP contribution in [0.1, 0.15) is 26.7 Å². The maximum absolute atomic E-state index is 10.4. The van der Waals surface area contributed by atoms with Gasteiger partial charge in [-0.2, -0.15) is 0 Å². The molecule has 1 N–H and O–H groups in total. The topological polar surface area (TPSA) is 43.8 Å². The van der Waals surface area contributed by atoms with Gasteiger partial charge in [0, 0.05) is 32.1 Å². The maximum atomic E-state index is 10.4. The number of likely N-dealkylation sites (N-methyl/N-ethyl adjacent to an activating group) is 1. The van der Waals surface area contributed by atoms with E-state index in [1.165, 1.54) is 0 Å². The molecule has 0 spiro atoms. The Kier molecular flexibility index (Phi) is 5.05. The molecule has 0 amide bonds. The number of carboxylic acid groups (broad SMARTS) is 1. The van der Waals surface area contributed by atoms with Crippen LogP contribution >= 0.6 is 0 Å². The Bertz CT molecular complexity index is 209. The molecular weight excluding hydrogens is 192 g/mol. The zero-order chi connectivity index (χ0) is 11.3. The summed E-state index contributed by atoms with van der Waals surface area (Å²) in [5.74, 6) is -0.685. The number of nitrogens with zero attached hydrogens (tertiary/aromatic N) is 2. The largest absolute Gasteiger partial charge is 0.481 e. The van der Waals surface area contributed by atoms with Crippen molar-refractivity contribution in [1.82, 2.24) is 9.80 Å². The average molecular weight is 214 g/mol. The second-order valence-corrected chi connectivity index (χ2v) is 4.28. The quantitative estimate of drug-likeness (QED) is 0.738. The third-order valence-corrected chi connectivity index (χ3v) is 3.12. The first-order valence-electron chi connectivity index (χ1n) is 5.81. The Balaban J connectivity index is 2.20. The van der Waals surface area contributed by atoms with Crippen LogP contribution in [0.5, 0.6) is 0 Å². The lowest BCUT2D eigenvalue weighted by Crippen LogP contribution is -2.51. The van der Waals surface area contributed by atoms with Gasteiger partial charge in [0.2, 0.25) is 0 Å². The van der Waals surface area contributed by atoms with E-state index in [9.17, 15) is 4.79 Å². The first kappa shape index (κ1) is 12.5. The van der Waals surface area contributed by atoms with Gasteiger partial charge in [0.1, 0.15) is 0 Å². The van der Waals surface area contributed by atoms with Gasteiger partial charge in [-0.1, -0.05) is 6.92 Å². The number of hydrogen-bond acceptors (Lipinski definition) is 3. The highest BCUT2D eigenvalue weighted by Crippen LogP contribution is 2.09. The second-order valence-electron chi connectivity index (χ2n) is 4.28. The highest BCUT2D eigenvalue weighted by molar-refractivity contribution is 5.66. The summed E-state index contributed by atoms with van der Waals surface area (Å²) in [7, 11) is 0. The molecule has 4 nitrogen and oxygen atoms in total. The fourth-order valence-corrected chi connectivity index (χ4v) is 2.20. The van der Waals surface area contributed by atoms with Crippen molar-refractivity contribution in [3.8, 4) is 0 Å². The molecule has 1 heterocycles. The standard InChI is InChI=1S/C11H22N2O2/c1-3-13-8-7-12(9-10(13)2)6-4-5-11(14)15/h10H,3-9H2,1-2H3,(H,14,15). The van der Waals surface area contributed by atoms with Gasteiger partial charge in [-0.15, -0.1) is 0 Å². The van der Waals surface area contributed by atoms with Crippen molar-refractivity contribution in [1.29, 1.82) is 0 Å². The molecule has 1 fully saturated rings. The molecule has 1 aliphatic rings. The van der Waals surface area contributed by atoms with E-state index in [-0.39, 0.29) is 0 Å². The van der Waals surface area contributed by atoms with E-state index in [0.29, 0.717) is 12.5 Å². The van der Waals surface area contributed by atoms with E-state index >= 15 is 0 Å². The Morgan fingerprint density at radius 2 is 2.20 bits per heavy atom. The highest BCUT2D eigenvalue weighted by atomic mass is 16.4. The summed E-state index contributed by atoms with van der Waals surface area (Å²) in [4.78, 5) is 15.2. The van der Waals surface area contributed by atoms with Crippen molar-refractivity contribution in [2.75, 3.05) is 32.7 Å². The van der Waals surface area contributed by atoms with Crippen LogP contribution in [-0.4, -0.2) is 59.6 Å². The van der Waals surface area contributed by atoms with Crippen molar-refractivity contribution in [3.05, 3.63) is 0 Å². The minimum absolute atomic E-state index is 0.294. The van der Waals surface area contributed by atoms with Crippen molar-refractivity contribution in [2.45, 2.75) is 32.7 Å². The Labute approximate surface area is 91.9 Å². The van der Waals surface area contributed by atoms with Gasteiger partial charge < -0.3 is 10.0 Å². The van der Waals surface area contributed by atoms with Gasteiger partial charge in [-0.05, 0) is 26.4 Å². The minimum atomic E-state index is -0.685. The summed E-state index contributed by atoms with van der Waals surface area (Å²) in [6, 6.07) is 0.605. The average Bonchev–Trinajstić information content (AvgIpc) is 2.17. The van der Waals surface area contributed by atoms with Gasteiger partial charge in [-0.25, -0.2) is 0 Å². The third-order valence-electron chi connectivity index (χ3n) is 3.12. The predicted molar refractivity (Wildman–Crippen MR) is 60.0 cm³/mol. The van der Waals surface area contributed by atoms with Gasteiger partial charge >= 0.3 is 5.97 Å². The molecule has 1 saturated heterocycles. The molecule has 0 saturated carbocycles. The molecule has 1 aliphatic heterocycles. The van der Waals surface area contributed by atoms with Crippen LogP contribution < -0.4 is 0 Å². The first-order valence-corrected chi connectivity index (χ1v) is 5.81. The summed E-state index contributed by atoms with van der Waals surface area (Å²) < 4.78 is 0. The molecule has 88 valence electrons. The minimum Gasteiger partial charge on any atom is -0.481 e. The SMILES string of the molecule is CCN1CCN(CCCC(=O)O)CC1C. The van der Waals surface area contributed by atoms with E-state index in [1.54, 1.807) is 0 Å². The van der Waals surface area contributed by atoms with Crippen LogP contribution in [0, 0.1) is 0 Å². The van der Waals surface area contributed by atoms with Crippen molar-refractivity contribution in [2.24, 2.45) is 0 Å². The van der Waals surface area contributed by atoms with Crippen LogP contribution in [0.15, 0.2) is 0 Å². The first-order chi connectivity index (χ1) is 7.13. The molecule has 1 rings (SSSR count). The fraction of sp³-hybridized carbons (Fsp3) is 0.909. The number of carbonyl (C=O) groups is 1. The number of hydrogen-bond donors (Lipinski definition) is 1. The Morgan fingerprint density at radius 1 is 1.47 bits per heavy atom. The van der Waals surface area contributed by atoms with Crippen LogP contribution in [0.2, 0.25) is 0 Å². The van der Waals surface area contributed by atoms with Gasteiger partial charge in [0.25, 0.3) is 0 Å². The molecule has 1 unspecified atom stereocenters. The number of piperazine rings is 1. The molecule has 4 heteroatoms. The molecule has 0 radical (unpaired) electrons. The van der Waals surface area contributed by atoms with Crippen molar-refractivity contribution in [3.63, 3.8) is 0 Å². The lowest BCUT2D eigenvalue weighted by molar-refractivity contribution is -0.137. The molecular formula is C11H22N2O2. The van der Waals surface area contributed by atoms with Crippen LogP contribution in [-0.2, 0) is 4.79 Å². The maximum Gasteiger partial charge on any atom is 0.303 e. The summed E-state index contributed by atoms with van der Waals surface area (Å²) in [6.45, 7) is 9.75. The zero-order valence-corrected chi connectivity index (χ0v) is 9.78. The summed E-state index contributed by atoms with van der Waals surface area (Å²) in [5, 5.41) is 8.55. The smallest absolute Gasteiger partial charge is 0.303 e. The number of rotatable bonds is 5.